The van der Waals surface area contributed by atoms with Crippen LogP contribution in [0.15, 0.2) is 27.3 Å². The molecule has 0 spiro atoms. The standard InChI is InChI=1S/C12H7Br2F3N2OS/c1-5-18-4-9(21-5)11(20)19-10-7(13)2-6(3-8(10)14)12(15,16)17/h2-4H,1H3,(H,19,20). The van der Waals surface area contributed by atoms with Crippen molar-refractivity contribution in [3.63, 3.8) is 0 Å². The lowest BCUT2D eigenvalue weighted by Crippen LogP contribution is -2.12. The summed E-state index contributed by atoms with van der Waals surface area (Å²) in [7, 11) is 0. The predicted molar refractivity (Wildman–Crippen MR) is 81.6 cm³/mol. The number of anilines is 1. The molecule has 9 heteroatoms. The molecule has 0 bridgehead atoms. The number of thiazole rings is 1. The zero-order chi connectivity index (χ0) is 15.8. The number of nitrogens with zero attached hydrogens (tertiary/aromatic N) is 1. The number of hydrogen-bond acceptors (Lipinski definition) is 3. The molecule has 1 aromatic heterocycles. The van der Waals surface area contributed by atoms with Crippen molar-refractivity contribution in [1.82, 2.24) is 4.98 Å². The molecule has 1 aromatic carbocycles. The van der Waals surface area contributed by atoms with Gasteiger partial charge >= 0.3 is 6.18 Å². The van der Waals surface area contributed by atoms with Gasteiger partial charge in [-0.3, -0.25) is 4.79 Å². The third-order valence-electron chi connectivity index (χ3n) is 2.45. The molecule has 0 fully saturated rings. The third-order valence-corrected chi connectivity index (χ3v) is 4.62. The van der Waals surface area contributed by atoms with Crippen molar-refractivity contribution in [3.05, 3.63) is 42.7 Å². The van der Waals surface area contributed by atoms with Crippen molar-refractivity contribution >= 4 is 54.8 Å². The second-order valence-electron chi connectivity index (χ2n) is 4.01. The molecule has 1 amide bonds. The summed E-state index contributed by atoms with van der Waals surface area (Å²) in [5.41, 5.74) is -0.577. The fraction of sp³-hybridized carbons (Fsp3) is 0.167. The molecule has 0 saturated carbocycles. The lowest BCUT2D eigenvalue weighted by molar-refractivity contribution is -0.137. The average Bonchev–Trinajstić information content (AvgIpc) is 2.79. The summed E-state index contributed by atoms with van der Waals surface area (Å²) in [6.07, 6.45) is -3.04. The van der Waals surface area contributed by atoms with Gasteiger partial charge in [0.15, 0.2) is 0 Å². The molecule has 2 aromatic rings. The van der Waals surface area contributed by atoms with E-state index >= 15 is 0 Å². The summed E-state index contributed by atoms with van der Waals surface area (Å²) >= 11 is 7.28. The minimum Gasteiger partial charge on any atom is -0.319 e. The Morgan fingerprint density at radius 3 is 2.29 bits per heavy atom. The SMILES string of the molecule is Cc1ncc(C(=O)Nc2c(Br)cc(C(F)(F)F)cc2Br)s1. The van der Waals surface area contributed by atoms with Crippen molar-refractivity contribution in [2.24, 2.45) is 0 Å². The van der Waals surface area contributed by atoms with Gasteiger partial charge in [-0.05, 0) is 50.9 Å². The molecular formula is C12H7Br2F3N2OS. The highest BCUT2D eigenvalue weighted by Gasteiger charge is 2.32. The van der Waals surface area contributed by atoms with E-state index < -0.39 is 17.6 Å². The van der Waals surface area contributed by atoms with Crippen molar-refractivity contribution in [3.8, 4) is 0 Å². The van der Waals surface area contributed by atoms with E-state index in [1.807, 2.05) is 0 Å². The number of halogens is 5. The Morgan fingerprint density at radius 1 is 1.29 bits per heavy atom. The molecule has 0 saturated heterocycles. The fourth-order valence-electron chi connectivity index (χ4n) is 1.50. The number of alkyl halides is 3. The maximum absolute atomic E-state index is 12.7. The number of nitrogens with one attached hydrogen (secondary N) is 1. The Labute approximate surface area is 138 Å². The summed E-state index contributed by atoms with van der Waals surface area (Å²) in [5.74, 6) is -0.429. The minimum absolute atomic E-state index is 0.138. The molecule has 1 heterocycles. The first-order valence-corrected chi connectivity index (χ1v) is 7.88. The monoisotopic (exact) mass is 442 g/mol. The molecule has 21 heavy (non-hydrogen) atoms. The van der Waals surface area contributed by atoms with Crippen LogP contribution < -0.4 is 5.32 Å². The average molecular weight is 444 g/mol. The van der Waals surface area contributed by atoms with Crippen LogP contribution in [0.1, 0.15) is 20.2 Å². The van der Waals surface area contributed by atoms with Crippen LogP contribution in [0.25, 0.3) is 0 Å². The largest absolute Gasteiger partial charge is 0.416 e. The number of benzene rings is 1. The number of hydrogen-bond donors (Lipinski definition) is 1. The van der Waals surface area contributed by atoms with Gasteiger partial charge in [-0.15, -0.1) is 11.3 Å². The molecule has 2 rings (SSSR count). The summed E-state index contributed by atoms with van der Waals surface area (Å²) in [4.78, 5) is 16.3. The van der Waals surface area contributed by atoms with E-state index in [1.165, 1.54) is 17.5 Å². The second-order valence-corrected chi connectivity index (χ2v) is 6.95. The van der Waals surface area contributed by atoms with E-state index in [0.717, 1.165) is 17.1 Å². The smallest absolute Gasteiger partial charge is 0.319 e. The van der Waals surface area contributed by atoms with Gasteiger partial charge < -0.3 is 5.32 Å². The molecule has 0 aliphatic rings. The van der Waals surface area contributed by atoms with E-state index in [1.54, 1.807) is 6.92 Å². The summed E-state index contributed by atoms with van der Waals surface area (Å²) in [5, 5.41) is 3.28. The molecule has 0 aliphatic heterocycles. The quantitative estimate of drug-likeness (QED) is 0.688. The summed E-state index contributed by atoms with van der Waals surface area (Å²) in [6, 6.07) is 1.83. The van der Waals surface area contributed by atoms with Gasteiger partial charge in [-0.25, -0.2) is 4.98 Å². The van der Waals surface area contributed by atoms with Crippen molar-refractivity contribution in [1.29, 1.82) is 0 Å². The van der Waals surface area contributed by atoms with E-state index in [0.29, 0.717) is 4.88 Å². The number of carbonyl (C=O) groups excluding carboxylic acids is 1. The van der Waals surface area contributed by atoms with Crippen LogP contribution in [-0.2, 0) is 6.18 Å². The van der Waals surface area contributed by atoms with Crippen LogP contribution in [-0.4, -0.2) is 10.9 Å². The van der Waals surface area contributed by atoms with Crippen LogP contribution >= 0.6 is 43.2 Å². The van der Waals surface area contributed by atoms with E-state index in [9.17, 15) is 18.0 Å². The normalized spacial score (nSPS) is 11.5. The lowest BCUT2D eigenvalue weighted by Gasteiger charge is -2.13. The Bertz CT molecular complexity index is 677. The topological polar surface area (TPSA) is 42.0 Å². The number of aromatic nitrogens is 1. The Balaban J connectivity index is 2.31. The Hall–Kier alpha value is -0.930. The molecular weight excluding hydrogens is 437 g/mol. The van der Waals surface area contributed by atoms with Crippen LogP contribution in [0.5, 0.6) is 0 Å². The zero-order valence-electron chi connectivity index (χ0n) is 10.4. The van der Waals surface area contributed by atoms with Crippen LogP contribution in [0.3, 0.4) is 0 Å². The number of carbonyl (C=O) groups is 1. The Morgan fingerprint density at radius 2 is 1.86 bits per heavy atom. The molecule has 0 aliphatic carbocycles. The summed E-state index contributed by atoms with van der Waals surface area (Å²) < 4.78 is 38.3. The van der Waals surface area contributed by atoms with Gasteiger partial charge in [0, 0.05) is 8.95 Å². The first-order valence-electron chi connectivity index (χ1n) is 5.48. The predicted octanol–water partition coefficient (Wildman–Crippen LogP) is 5.25. The number of aryl methyl sites for hydroxylation is 1. The lowest BCUT2D eigenvalue weighted by atomic mass is 10.2. The van der Waals surface area contributed by atoms with Crippen LogP contribution in [0.4, 0.5) is 18.9 Å². The minimum atomic E-state index is -4.46. The highest BCUT2D eigenvalue weighted by molar-refractivity contribution is 9.11. The maximum atomic E-state index is 12.7. The zero-order valence-corrected chi connectivity index (χ0v) is 14.4. The maximum Gasteiger partial charge on any atom is 0.416 e. The fourth-order valence-corrected chi connectivity index (χ4v) is 3.56. The van der Waals surface area contributed by atoms with Gasteiger partial charge in [0.05, 0.1) is 22.5 Å². The van der Waals surface area contributed by atoms with E-state index in [4.69, 9.17) is 0 Å². The number of amides is 1. The third kappa shape index (κ3) is 3.83. The van der Waals surface area contributed by atoms with Crippen LogP contribution in [0.2, 0.25) is 0 Å². The molecule has 3 nitrogen and oxygen atoms in total. The molecule has 0 atom stereocenters. The highest BCUT2D eigenvalue weighted by Crippen LogP contribution is 2.39. The van der Waals surface area contributed by atoms with Gasteiger partial charge in [-0.2, -0.15) is 13.2 Å². The molecule has 1 N–H and O–H groups in total. The Kier molecular flexibility index (Phi) is 4.74. The first kappa shape index (κ1) is 16.4. The van der Waals surface area contributed by atoms with Crippen molar-refractivity contribution < 1.29 is 18.0 Å². The highest BCUT2D eigenvalue weighted by atomic mass is 79.9. The van der Waals surface area contributed by atoms with E-state index in [2.05, 4.69) is 42.2 Å². The molecule has 0 unspecified atom stereocenters. The van der Waals surface area contributed by atoms with E-state index in [-0.39, 0.29) is 14.6 Å². The second kappa shape index (κ2) is 6.05. The van der Waals surface area contributed by atoms with Gasteiger partial charge in [0.2, 0.25) is 0 Å². The van der Waals surface area contributed by atoms with Gasteiger partial charge in [0.25, 0.3) is 5.91 Å². The van der Waals surface area contributed by atoms with Crippen LogP contribution in [0, 0.1) is 6.92 Å². The molecule has 0 radical (unpaired) electrons. The van der Waals surface area contributed by atoms with Gasteiger partial charge in [0.1, 0.15) is 4.88 Å². The van der Waals surface area contributed by atoms with Crippen molar-refractivity contribution in [2.45, 2.75) is 13.1 Å². The first-order chi connectivity index (χ1) is 9.68. The van der Waals surface area contributed by atoms with Gasteiger partial charge in [-0.1, -0.05) is 0 Å². The molecule has 112 valence electrons. The van der Waals surface area contributed by atoms with Crippen molar-refractivity contribution in [2.75, 3.05) is 5.32 Å². The summed E-state index contributed by atoms with van der Waals surface area (Å²) in [6.45, 7) is 1.76. The number of rotatable bonds is 2.